The molecular weight excluding hydrogens is 279 g/mol. The maximum Gasteiger partial charge on any atom is 0.488 e. The molecule has 0 heterocycles. The second-order valence-electron chi connectivity index (χ2n) is 6.18. The van der Waals surface area contributed by atoms with Crippen molar-refractivity contribution in [1.29, 1.82) is 0 Å². The number of hydrogen-bond donors (Lipinski definition) is 2. The Kier molecular flexibility index (Phi) is 5.15. The van der Waals surface area contributed by atoms with Crippen molar-refractivity contribution < 1.29 is 10.0 Å². The van der Waals surface area contributed by atoms with E-state index in [-0.39, 0.29) is 5.41 Å². The lowest BCUT2D eigenvalue weighted by atomic mass is 9.80. The highest BCUT2D eigenvalue weighted by Gasteiger charge is 2.13. The zero-order valence-electron chi connectivity index (χ0n) is 12.7. The van der Waals surface area contributed by atoms with Gasteiger partial charge in [0.25, 0.3) is 0 Å². The number of hydrogen-bond acceptors (Lipinski definition) is 3. The van der Waals surface area contributed by atoms with Crippen LogP contribution in [0.3, 0.4) is 0 Å². The van der Waals surface area contributed by atoms with Crippen LogP contribution in [0.2, 0.25) is 0 Å². The van der Waals surface area contributed by atoms with E-state index in [1.165, 1.54) is 16.0 Å². The first kappa shape index (κ1) is 16.2. The first-order valence-electron chi connectivity index (χ1n) is 7.04. The largest absolute Gasteiger partial charge is 0.488 e. The summed E-state index contributed by atoms with van der Waals surface area (Å²) in [5, 5.41) is 18.1. The molecule has 0 aliphatic rings. The Balaban J connectivity index is 1.96. The number of thioether (sulfide) groups is 1. The van der Waals surface area contributed by atoms with E-state index in [1.54, 1.807) is 23.9 Å². The fourth-order valence-corrected chi connectivity index (χ4v) is 2.86. The Morgan fingerprint density at radius 2 is 1.48 bits per heavy atom. The van der Waals surface area contributed by atoms with Gasteiger partial charge in [0.1, 0.15) is 0 Å². The average Bonchev–Trinajstić information content (AvgIpc) is 2.45. The van der Waals surface area contributed by atoms with Gasteiger partial charge in [-0.25, -0.2) is 0 Å². The summed E-state index contributed by atoms with van der Waals surface area (Å²) in [6, 6.07) is 16.1. The van der Waals surface area contributed by atoms with Crippen LogP contribution in [0.25, 0.3) is 0 Å². The van der Waals surface area contributed by atoms with Crippen LogP contribution in [0.4, 0.5) is 0 Å². The molecule has 4 heteroatoms. The van der Waals surface area contributed by atoms with Gasteiger partial charge in [0.05, 0.1) is 0 Å². The maximum atomic E-state index is 9.06. The third-order valence-electron chi connectivity index (χ3n) is 3.40. The van der Waals surface area contributed by atoms with Crippen molar-refractivity contribution in [2.45, 2.75) is 36.8 Å². The van der Waals surface area contributed by atoms with Crippen LogP contribution in [0.1, 0.15) is 31.9 Å². The Morgan fingerprint density at radius 1 is 0.905 bits per heavy atom. The van der Waals surface area contributed by atoms with Gasteiger partial charge >= 0.3 is 7.12 Å². The van der Waals surface area contributed by atoms with E-state index in [0.29, 0.717) is 5.46 Å². The van der Waals surface area contributed by atoms with Gasteiger partial charge in [0.2, 0.25) is 0 Å². The highest BCUT2D eigenvalue weighted by atomic mass is 32.2. The van der Waals surface area contributed by atoms with Crippen molar-refractivity contribution in [2.75, 3.05) is 0 Å². The van der Waals surface area contributed by atoms with Crippen LogP contribution in [0.5, 0.6) is 0 Å². The minimum Gasteiger partial charge on any atom is -0.423 e. The van der Waals surface area contributed by atoms with Gasteiger partial charge in [-0.2, -0.15) is 0 Å². The monoisotopic (exact) mass is 300 g/mol. The van der Waals surface area contributed by atoms with Crippen LogP contribution >= 0.6 is 11.8 Å². The van der Waals surface area contributed by atoms with Crippen molar-refractivity contribution >= 4 is 24.3 Å². The summed E-state index contributed by atoms with van der Waals surface area (Å²) in [5.74, 6) is 0.872. The van der Waals surface area contributed by atoms with E-state index in [1.807, 2.05) is 12.1 Å². The fourth-order valence-electron chi connectivity index (χ4n) is 2.00. The Hall–Kier alpha value is -1.23. The molecule has 0 spiro atoms. The lowest BCUT2D eigenvalue weighted by Crippen LogP contribution is -2.29. The molecule has 110 valence electrons. The van der Waals surface area contributed by atoms with Crippen molar-refractivity contribution in [1.82, 2.24) is 0 Å². The molecule has 0 aliphatic heterocycles. The molecule has 2 N–H and O–H groups in total. The Morgan fingerprint density at radius 3 is 1.95 bits per heavy atom. The molecule has 0 saturated carbocycles. The van der Waals surface area contributed by atoms with Gasteiger partial charge < -0.3 is 10.0 Å². The first-order chi connectivity index (χ1) is 9.86. The van der Waals surface area contributed by atoms with Gasteiger partial charge in [-0.05, 0) is 34.1 Å². The summed E-state index contributed by atoms with van der Waals surface area (Å²) in [4.78, 5) is 1.24. The minimum atomic E-state index is -1.39. The van der Waals surface area contributed by atoms with Gasteiger partial charge in [-0.3, -0.25) is 0 Å². The highest BCUT2D eigenvalue weighted by molar-refractivity contribution is 7.98. The van der Waals surface area contributed by atoms with Crippen LogP contribution in [-0.4, -0.2) is 17.2 Å². The smallest absolute Gasteiger partial charge is 0.423 e. The molecule has 2 rings (SSSR count). The van der Waals surface area contributed by atoms with Gasteiger partial charge in [-0.1, -0.05) is 57.2 Å². The van der Waals surface area contributed by atoms with E-state index in [0.717, 1.165) is 5.75 Å². The predicted octanol–water partition coefficient (Wildman–Crippen LogP) is 2.96. The van der Waals surface area contributed by atoms with Crippen LogP contribution in [0.15, 0.2) is 53.4 Å². The second-order valence-corrected chi connectivity index (χ2v) is 7.23. The summed E-state index contributed by atoms with van der Waals surface area (Å²) in [5.41, 5.74) is 3.22. The molecule has 0 unspecified atom stereocenters. The van der Waals surface area contributed by atoms with E-state index in [4.69, 9.17) is 10.0 Å². The zero-order valence-corrected chi connectivity index (χ0v) is 13.5. The molecule has 0 bridgehead atoms. The van der Waals surface area contributed by atoms with E-state index >= 15 is 0 Å². The fraction of sp³-hybridized carbons (Fsp3) is 0.294. The summed E-state index contributed by atoms with van der Waals surface area (Å²) < 4.78 is 0. The van der Waals surface area contributed by atoms with Crippen LogP contribution in [0, 0.1) is 0 Å². The SMILES string of the molecule is CC(C)(C)c1ccc(SCc2ccc(B(O)O)cc2)cc1. The van der Waals surface area contributed by atoms with E-state index in [9.17, 15) is 0 Å². The molecule has 0 aromatic heterocycles. The molecular formula is C17H21BO2S. The molecule has 21 heavy (non-hydrogen) atoms. The Bertz CT molecular complexity index is 571. The highest BCUT2D eigenvalue weighted by Crippen LogP contribution is 2.27. The summed E-state index contributed by atoms with van der Waals surface area (Å²) in [7, 11) is -1.39. The van der Waals surface area contributed by atoms with E-state index < -0.39 is 7.12 Å². The van der Waals surface area contributed by atoms with Crippen molar-refractivity contribution in [3.05, 3.63) is 59.7 Å². The molecule has 0 saturated heterocycles. The van der Waals surface area contributed by atoms with Gasteiger partial charge in [0.15, 0.2) is 0 Å². The predicted molar refractivity (Wildman–Crippen MR) is 91.0 cm³/mol. The van der Waals surface area contributed by atoms with Crippen LogP contribution in [-0.2, 0) is 11.2 Å². The van der Waals surface area contributed by atoms with Crippen LogP contribution < -0.4 is 5.46 Å². The number of rotatable bonds is 4. The molecule has 0 amide bonds. The second kappa shape index (κ2) is 6.69. The molecule has 2 nitrogen and oxygen atoms in total. The quantitative estimate of drug-likeness (QED) is 0.674. The Labute approximate surface area is 131 Å². The molecule has 0 atom stereocenters. The summed E-state index contributed by atoms with van der Waals surface area (Å²) >= 11 is 1.78. The van der Waals surface area contributed by atoms with Crippen molar-refractivity contribution in [3.63, 3.8) is 0 Å². The standard InChI is InChI=1S/C17H21BO2S/c1-17(2,3)14-6-10-16(11-7-14)21-12-13-4-8-15(9-5-13)18(19)20/h4-11,19-20H,12H2,1-3H3. The lowest BCUT2D eigenvalue weighted by molar-refractivity contribution is 0.426. The summed E-state index contributed by atoms with van der Waals surface area (Å²) in [6.45, 7) is 6.64. The van der Waals surface area contributed by atoms with Gasteiger partial charge in [-0.15, -0.1) is 11.8 Å². The lowest BCUT2D eigenvalue weighted by Gasteiger charge is -2.19. The molecule has 2 aromatic carbocycles. The normalized spacial score (nSPS) is 11.5. The third kappa shape index (κ3) is 4.63. The number of benzene rings is 2. The summed E-state index contributed by atoms with van der Waals surface area (Å²) in [6.07, 6.45) is 0. The van der Waals surface area contributed by atoms with Gasteiger partial charge in [0, 0.05) is 10.6 Å². The molecule has 0 fully saturated rings. The average molecular weight is 300 g/mol. The topological polar surface area (TPSA) is 40.5 Å². The molecule has 2 aromatic rings. The van der Waals surface area contributed by atoms with E-state index in [2.05, 4.69) is 45.0 Å². The van der Waals surface area contributed by atoms with Crippen molar-refractivity contribution in [2.24, 2.45) is 0 Å². The first-order valence-corrected chi connectivity index (χ1v) is 8.03. The van der Waals surface area contributed by atoms with Crippen molar-refractivity contribution in [3.8, 4) is 0 Å². The molecule has 0 aliphatic carbocycles. The minimum absolute atomic E-state index is 0.185. The zero-order chi connectivity index (χ0) is 15.5. The molecule has 0 radical (unpaired) electrons. The maximum absolute atomic E-state index is 9.06. The third-order valence-corrected chi connectivity index (χ3v) is 4.49.